The van der Waals surface area contributed by atoms with Crippen LogP contribution in [0.25, 0.3) is 0 Å². The lowest BCUT2D eigenvalue weighted by Crippen LogP contribution is -2.19. The molecule has 0 bridgehead atoms. The Labute approximate surface area is 194 Å². The topological polar surface area (TPSA) is 129 Å². The summed E-state index contributed by atoms with van der Waals surface area (Å²) in [5.74, 6) is 0.357. The third kappa shape index (κ3) is 6.39. The zero-order chi connectivity index (χ0) is 24.5. The van der Waals surface area contributed by atoms with Gasteiger partial charge in [0.25, 0.3) is 5.69 Å². The molecular formula is C24H21N3O7. The highest BCUT2D eigenvalue weighted by Crippen LogP contribution is 2.27. The third-order valence-corrected chi connectivity index (χ3v) is 4.60. The van der Waals surface area contributed by atoms with Crippen molar-refractivity contribution in [1.29, 1.82) is 0 Å². The Morgan fingerprint density at radius 2 is 1.74 bits per heavy atom. The van der Waals surface area contributed by atoms with E-state index in [4.69, 9.17) is 14.2 Å². The summed E-state index contributed by atoms with van der Waals surface area (Å²) in [6.07, 6.45) is 1.50. The SMILES string of the molecule is COc1ccc(CC(=O)N/N=C\c2cccc(OC(=O)c3ccc([N+](=O)[O-])cc3)c2)cc1OC. The molecule has 0 aromatic heterocycles. The number of non-ortho nitro benzene ring substituents is 1. The van der Waals surface area contributed by atoms with Crippen LogP contribution in [0.2, 0.25) is 0 Å². The van der Waals surface area contributed by atoms with Crippen molar-refractivity contribution in [2.24, 2.45) is 5.10 Å². The number of carbonyl (C=O) groups is 2. The molecule has 10 heteroatoms. The first kappa shape index (κ1) is 23.9. The summed E-state index contributed by atoms with van der Waals surface area (Å²) in [6, 6.07) is 16.8. The largest absolute Gasteiger partial charge is 0.493 e. The fourth-order valence-electron chi connectivity index (χ4n) is 2.94. The number of amides is 1. The van der Waals surface area contributed by atoms with Gasteiger partial charge in [-0.3, -0.25) is 14.9 Å². The molecule has 3 rings (SSSR count). The van der Waals surface area contributed by atoms with Gasteiger partial charge in [0.15, 0.2) is 11.5 Å². The highest BCUT2D eigenvalue weighted by Gasteiger charge is 2.12. The second-order valence-electron chi connectivity index (χ2n) is 6.93. The number of methoxy groups -OCH3 is 2. The Balaban J connectivity index is 1.57. The van der Waals surface area contributed by atoms with E-state index in [9.17, 15) is 19.7 Å². The van der Waals surface area contributed by atoms with E-state index in [1.54, 1.807) is 42.5 Å². The lowest BCUT2D eigenvalue weighted by atomic mass is 10.1. The second kappa shape index (κ2) is 11.2. The molecule has 0 atom stereocenters. The fraction of sp³-hybridized carbons (Fsp3) is 0.125. The van der Waals surface area contributed by atoms with E-state index < -0.39 is 10.9 Å². The standard InChI is InChI=1S/C24H21N3O7/c1-32-21-11-6-16(13-22(21)33-2)14-23(28)26-25-15-17-4-3-5-20(12-17)34-24(29)18-7-9-19(10-8-18)27(30)31/h3-13,15H,14H2,1-2H3,(H,26,28)/b25-15-. The van der Waals surface area contributed by atoms with Gasteiger partial charge in [0.05, 0.1) is 37.3 Å². The molecule has 0 fully saturated rings. The Morgan fingerprint density at radius 1 is 1.00 bits per heavy atom. The average Bonchev–Trinajstić information content (AvgIpc) is 2.84. The van der Waals surface area contributed by atoms with Gasteiger partial charge in [-0.1, -0.05) is 18.2 Å². The Kier molecular flexibility index (Phi) is 7.90. The molecule has 0 heterocycles. The van der Waals surface area contributed by atoms with Crippen molar-refractivity contribution in [2.45, 2.75) is 6.42 Å². The second-order valence-corrected chi connectivity index (χ2v) is 6.93. The van der Waals surface area contributed by atoms with Crippen molar-refractivity contribution in [3.63, 3.8) is 0 Å². The minimum atomic E-state index is -0.660. The quantitative estimate of drug-likeness (QED) is 0.169. The summed E-state index contributed by atoms with van der Waals surface area (Å²) in [7, 11) is 3.05. The van der Waals surface area contributed by atoms with Gasteiger partial charge in [0, 0.05) is 12.1 Å². The molecule has 0 spiro atoms. The predicted molar refractivity (Wildman–Crippen MR) is 123 cm³/mol. The zero-order valence-corrected chi connectivity index (χ0v) is 18.4. The van der Waals surface area contributed by atoms with Crippen molar-refractivity contribution in [2.75, 3.05) is 14.2 Å². The maximum absolute atomic E-state index is 12.3. The van der Waals surface area contributed by atoms with Crippen molar-refractivity contribution in [3.8, 4) is 17.2 Å². The lowest BCUT2D eigenvalue weighted by Gasteiger charge is -2.09. The maximum atomic E-state index is 12.3. The number of nitrogens with one attached hydrogen (secondary N) is 1. The monoisotopic (exact) mass is 463 g/mol. The molecule has 0 aliphatic rings. The minimum Gasteiger partial charge on any atom is -0.493 e. The Bertz CT molecular complexity index is 1220. The Morgan fingerprint density at radius 3 is 2.41 bits per heavy atom. The van der Waals surface area contributed by atoms with E-state index in [2.05, 4.69) is 10.5 Å². The van der Waals surface area contributed by atoms with Gasteiger partial charge < -0.3 is 14.2 Å². The van der Waals surface area contributed by atoms with Gasteiger partial charge >= 0.3 is 5.97 Å². The molecule has 34 heavy (non-hydrogen) atoms. The normalized spacial score (nSPS) is 10.5. The summed E-state index contributed by atoms with van der Waals surface area (Å²) in [5.41, 5.74) is 3.80. The average molecular weight is 463 g/mol. The van der Waals surface area contributed by atoms with Gasteiger partial charge in [-0.05, 0) is 47.5 Å². The molecule has 1 N–H and O–H groups in total. The van der Waals surface area contributed by atoms with Crippen molar-refractivity contribution < 1.29 is 28.7 Å². The highest BCUT2D eigenvalue weighted by atomic mass is 16.6. The van der Waals surface area contributed by atoms with Crippen molar-refractivity contribution in [1.82, 2.24) is 5.43 Å². The van der Waals surface area contributed by atoms with Crippen LogP contribution < -0.4 is 19.6 Å². The summed E-state index contributed by atoms with van der Waals surface area (Å²) < 4.78 is 15.7. The predicted octanol–water partition coefficient (Wildman–Crippen LogP) is 3.52. The molecule has 0 radical (unpaired) electrons. The van der Waals surface area contributed by atoms with Crippen LogP contribution >= 0.6 is 0 Å². The number of hydrazone groups is 1. The summed E-state index contributed by atoms with van der Waals surface area (Å²) in [4.78, 5) is 34.6. The molecule has 0 saturated carbocycles. The molecule has 0 saturated heterocycles. The molecule has 1 amide bonds. The van der Waals surface area contributed by atoms with E-state index in [1.165, 1.54) is 44.7 Å². The third-order valence-electron chi connectivity index (χ3n) is 4.60. The van der Waals surface area contributed by atoms with E-state index in [0.29, 0.717) is 17.1 Å². The molecule has 3 aromatic rings. The summed E-state index contributed by atoms with van der Waals surface area (Å²) in [5, 5.41) is 14.7. The number of ether oxygens (including phenoxy) is 3. The van der Waals surface area contributed by atoms with Crippen molar-refractivity contribution >= 4 is 23.8 Å². The van der Waals surface area contributed by atoms with Crippen LogP contribution in [0.4, 0.5) is 5.69 Å². The fourth-order valence-corrected chi connectivity index (χ4v) is 2.94. The molecule has 174 valence electrons. The number of nitrogens with zero attached hydrogens (tertiary/aromatic N) is 2. The minimum absolute atomic E-state index is 0.0879. The molecule has 10 nitrogen and oxygen atoms in total. The molecule has 3 aromatic carbocycles. The van der Waals surface area contributed by atoms with Crippen LogP contribution in [-0.2, 0) is 11.2 Å². The number of esters is 1. The first-order chi connectivity index (χ1) is 16.4. The molecule has 0 aliphatic carbocycles. The zero-order valence-electron chi connectivity index (χ0n) is 18.4. The van der Waals surface area contributed by atoms with Crippen molar-refractivity contribution in [3.05, 3.63) is 93.5 Å². The lowest BCUT2D eigenvalue weighted by molar-refractivity contribution is -0.384. The number of nitro benzene ring substituents is 1. The van der Waals surface area contributed by atoms with Crippen LogP contribution in [0.5, 0.6) is 17.2 Å². The van der Waals surface area contributed by atoms with Gasteiger partial charge in [0.1, 0.15) is 5.75 Å². The smallest absolute Gasteiger partial charge is 0.343 e. The van der Waals surface area contributed by atoms with Gasteiger partial charge in [0.2, 0.25) is 5.91 Å². The molecule has 0 unspecified atom stereocenters. The van der Waals surface area contributed by atoms with E-state index in [1.807, 2.05) is 0 Å². The van der Waals surface area contributed by atoms with Gasteiger partial charge in [-0.15, -0.1) is 0 Å². The number of nitro groups is 1. The first-order valence-electron chi connectivity index (χ1n) is 9.99. The van der Waals surface area contributed by atoms with E-state index in [-0.39, 0.29) is 29.3 Å². The number of hydrogen-bond donors (Lipinski definition) is 1. The number of rotatable bonds is 9. The van der Waals surface area contributed by atoms with Crippen LogP contribution in [0.1, 0.15) is 21.5 Å². The number of carbonyl (C=O) groups excluding carboxylic acids is 2. The first-order valence-corrected chi connectivity index (χ1v) is 9.99. The van der Waals surface area contributed by atoms with Crippen LogP contribution in [0.3, 0.4) is 0 Å². The Hall–Kier alpha value is -4.73. The molecular weight excluding hydrogens is 442 g/mol. The number of hydrogen-bond acceptors (Lipinski definition) is 8. The van der Waals surface area contributed by atoms with Crippen LogP contribution in [0.15, 0.2) is 71.8 Å². The molecule has 0 aliphatic heterocycles. The van der Waals surface area contributed by atoms with E-state index in [0.717, 1.165) is 5.56 Å². The summed E-state index contributed by atoms with van der Waals surface area (Å²) in [6.45, 7) is 0. The summed E-state index contributed by atoms with van der Waals surface area (Å²) >= 11 is 0. The van der Waals surface area contributed by atoms with E-state index >= 15 is 0 Å². The van der Waals surface area contributed by atoms with Gasteiger partial charge in [-0.2, -0.15) is 5.10 Å². The maximum Gasteiger partial charge on any atom is 0.343 e. The van der Waals surface area contributed by atoms with Crippen LogP contribution in [0, 0.1) is 10.1 Å². The highest BCUT2D eigenvalue weighted by molar-refractivity contribution is 5.91. The van der Waals surface area contributed by atoms with Gasteiger partial charge in [-0.25, -0.2) is 10.2 Å². The number of benzene rings is 3. The van der Waals surface area contributed by atoms with Crippen LogP contribution in [-0.4, -0.2) is 37.2 Å².